The van der Waals surface area contributed by atoms with Gasteiger partial charge in [0.1, 0.15) is 5.60 Å². The van der Waals surface area contributed by atoms with Gasteiger partial charge >= 0.3 is 12.1 Å². The Hall–Kier alpha value is -3.02. The van der Waals surface area contributed by atoms with E-state index < -0.39 is 11.6 Å². The normalized spacial score (nSPS) is 17.1. The van der Waals surface area contributed by atoms with E-state index in [1.165, 1.54) is 0 Å². The molecule has 1 N–H and O–H groups in total. The Morgan fingerprint density at radius 2 is 1.79 bits per heavy atom. The zero-order chi connectivity index (χ0) is 21.0. The summed E-state index contributed by atoms with van der Waals surface area (Å²) in [6.07, 6.45) is 0.396. The van der Waals surface area contributed by atoms with Crippen LogP contribution in [0.2, 0.25) is 0 Å². The molecule has 29 heavy (non-hydrogen) atoms. The van der Waals surface area contributed by atoms with Gasteiger partial charge in [0.2, 0.25) is 0 Å². The van der Waals surface area contributed by atoms with Crippen LogP contribution in [0.25, 0.3) is 0 Å². The van der Waals surface area contributed by atoms with Crippen LogP contribution in [0.4, 0.5) is 10.5 Å². The Kier molecular flexibility index (Phi) is 6.11. The molecule has 1 amide bonds. The van der Waals surface area contributed by atoms with E-state index in [-0.39, 0.29) is 17.7 Å². The van der Waals surface area contributed by atoms with E-state index in [4.69, 9.17) is 4.74 Å². The molecule has 1 atom stereocenters. The molecule has 6 nitrogen and oxygen atoms in total. The number of rotatable bonds is 4. The summed E-state index contributed by atoms with van der Waals surface area (Å²) in [7, 11) is 0. The number of amides is 1. The zero-order valence-corrected chi connectivity index (χ0v) is 17.2. The van der Waals surface area contributed by atoms with Gasteiger partial charge in [0, 0.05) is 25.3 Å². The molecular weight excluding hydrogens is 368 g/mol. The van der Waals surface area contributed by atoms with Crippen LogP contribution in [-0.2, 0) is 11.2 Å². The Labute approximate surface area is 171 Å². The maximum absolute atomic E-state index is 12.8. The molecule has 1 heterocycles. The lowest BCUT2D eigenvalue weighted by molar-refractivity contribution is 0.0141. The van der Waals surface area contributed by atoms with E-state index >= 15 is 0 Å². The van der Waals surface area contributed by atoms with Crippen molar-refractivity contribution in [2.24, 2.45) is 0 Å². The van der Waals surface area contributed by atoms with E-state index in [0.29, 0.717) is 26.1 Å². The third kappa shape index (κ3) is 5.50. The monoisotopic (exact) mass is 396 g/mol. The smallest absolute Gasteiger partial charge is 0.410 e. The minimum Gasteiger partial charge on any atom is -0.478 e. The molecule has 0 bridgehead atoms. The highest BCUT2D eigenvalue weighted by Crippen LogP contribution is 2.24. The van der Waals surface area contributed by atoms with Crippen LogP contribution in [0, 0.1) is 0 Å². The standard InChI is InChI=1S/C23H28N2O4/c1-23(2,3)29-22(28)25-13-12-24(19-11-7-10-18(15-19)21(26)27)16-20(25)14-17-8-5-4-6-9-17/h4-11,15,20H,12-14,16H2,1-3H3,(H,26,27). The van der Waals surface area contributed by atoms with Gasteiger partial charge in [0.15, 0.2) is 0 Å². The van der Waals surface area contributed by atoms with E-state index in [0.717, 1.165) is 11.3 Å². The molecule has 2 aromatic rings. The number of ether oxygens (including phenoxy) is 1. The molecule has 0 aliphatic carbocycles. The number of anilines is 1. The summed E-state index contributed by atoms with van der Waals surface area (Å²) in [5, 5.41) is 9.29. The average Bonchev–Trinajstić information content (AvgIpc) is 2.67. The molecular formula is C23H28N2O4. The Bertz CT molecular complexity index is 861. The summed E-state index contributed by atoms with van der Waals surface area (Å²) in [6.45, 7) is 7.34. The van der Waals surface area contributed by atoms with Crippen molar-refractivity contribution >= 4 is 17.7 Å². The topological polar surface area (TPSA) is 70.1 Å². The second-order valence-electron chi connectivity index (χ2n) is 8.32. The highest BCUT2D eigenvalue weighted by Gasteiger charge is 2.33. The fourth-order valence-electron chi connectivity index (χ4n) is 3.55. The second-order valence-corrected chi connectivity index (χ2v) is 8.32. The first-order valence-corrected chi connectivity index (χ1v) is 9.85. The van der Waals surface area contributed by atoms with Crippen LogP contribution in [0.5, 0.6) is 0 Å². The third-order valence-corrected chi connectivity index (χ3v) is 4.88. The highest BCUT2D eigenvalue weighted by molar-refractivity contribution is 5.88. The summed E-state index contributed by atoms with van der Waals surface area (Å²) < 4.78 is 5.63. The Morgan fingerprint density at radius 1 is 1.07 bits per heavy atom. The van der Waals surface area contributed by atoms with Gasteiger partial charge in [-0.3, -0.25) is 0 Å². The number of carboxylic acid groups (broad SMARTS) is 1. The SMILES string of the molecule is CC(C)(C)OC(=O)N1CCN(c2cccc(C(=O)O)c2)CC1Cc1ccccc1. The van der Waals surface area contributed by atoms with Crippen LogP contribution in [0.15, 0.2) is 54.6 Å². The van der Waals surface area contributed by atoms with Gasteiger partial charge < -0.3 is 19.6 Å². The predicted molar refractivity (Wildman–Crippen MR) is 112 cm³/mol. The van der Waals surface area contributed by atoms with Crippen LogP contribution in [0.3, 0.4) is 0 Å². The summed E-state index contributed by atoms with van der Waals surface area (Å²) in [5.41, 5.74) is 1.71. The first-order valence-electron chi connectivity index (χ1n) is 9.85. The van der Waals surface area contributed by atoms with Crippen LogP contribution in [-0.4, -0.2) is 53.3 Å². The van der Waals surface area contributed by atoms with E-state index in [1.807, 2.05) is 45.0 Å². The van der Waals surface area contributed by atoms with Gasteiger partial charge in [-0.15, -0.1) is 0 Å². The van der Waals surface area contributed by atoms with Crippen molar-refractivity contribution in [3.63, 3.8) is 0 Å². The Morgan fingerprint density at radius 3 is 2.45 bits per heavy atom. The second kappa shape index (κ2) is 8.55. The average molecular weight is 396 g/mol. The molecule has 6 heteroatoms. The fraction of sp³-hybridized carbons (Fsp3) is 0.391. The number of benzene rings is 2. The van der Waals surface area contributed by atoms with Gasteiger partial charge in [0.25, 0.3) is 0 Å². The van der Waals surface area contributed by atoms with Gasteiger partial charge in [0.05, 0.1) is 11.6 Å². The highest BCUT2D eigenvalue weighted by atomic mass is 16.6. The van der Waals surface area contributed by atoms with Crippen molar-refractivity contribution in [3.8, 4) is 0 Å². The van der Waals surface area contributed by atoms with Crippen LogP contribution in [0.1, 0.15) is 36.7 Å². The molecule has 0 aromatic heterocycles. The number of aromatic carboxylic acids is 1. The van der Waals surface area contributed by atoms with Crippen molar-refractivity contribution in [1.82, 2.24) is 4.90 Å². The first-order chi connectivity index (χ1) is 13.7. The maximum Gasteiger partial charge on any atom is 0.410 e. The number of hydrogen-bond donors (Lipinski definition) is 1. The molecule has 2 aromatic carbocycles. The maximum atomic E-state index is 12.8. The van der Waals surface area contributed by atoms with E-state index in [2.05, 4.69) is 17.0 Å². The number of hydrogen-bond acceptors (Lipinski definition) is 4. The number of piperazine rings is 1. The van der Waals surface area contributed by atoms with Crippen molar-refractivity contribution in [1.29, 1.82) is 0 Å². The lowest BCUT2D eigenvalue weighted by atomic mass is 10.0. The van der Waals surface area contributed by atoms with E-state index in [9.17, 15) is 14.7 Å². The predicted octanol–water partition coefficient (Wildman–Crippen LogP) is 4.05. The quantitative estimate of drug-likeness (QED) is 0.844. The van der Waals surface area contributed by atoms with Crippen molar-refractivity contribution in [2.75, 3.05) is 24.5 Å². The fourth-order valence-corrected chi connectivity index (χ4v) is 3.55. The first kappa shape index (κ1) is 20.7. The summed E-state index contributed by atoms with van der Waals surface area (Å²) in [6, 6.07) is 16.9. The lowest BCUT2D eigenvalue weighted by Crippen LogP contribution is -2.57. The number of carbonyl (C=O) groups excluding carboxylic acids is 1. The molecule has 1 aliphatic rings. The number of carbonyl (C=O) groups is 2. The molecule has 0 saturated carbocycles. The van der Waals surface area contributed by atoms with Gasteiger partial charge in [-0.2, -0.15) is 0 Å². The number of carboxylic acids is 1. The Balaban J connectivity index is 1.82. The van der Waals surface area contributed by atoms with Crippen LogP contribution >= 0.6 is 0 Å². The molecule has 0 spiro atoms. The molecule has 0 radical (unpaired) electrons. The minimum absolute atomic E-state index is 0.0746. The minimum atomic E-state index is -0.944. The van der Waals surface area contributed by atoms with E-state index in [1.54, 1.807) is 23.1 Å². The molecule has 1 saturated heterocycles. The van der Waals surface area contributed by atoms with Crippen molar-refractivity contribution in [2.45, 2.75) is 38.8 Å². The molecule has 1 unspecified atom stereocenters. The van der Waals surface area contributed by atoms with Gasteiger partial charge in [-0.05, 0) is 51.0 Å². The van der Waals surface area contributed by atoms with Gasteiger partial charge in [-0.25, -0.2) is 9.59 Å². The van der Waals surface area contributed by atoms with Crippen LogP contribution < -0.4 is 4.90 Å². The molecule has 3 rings (SSSR count). The third-order valence-electron chi connectivity index (χ3n) is 4.88. The van der Waals surface area contributed by atoms with Gasteiger partial charge in [-0.1, -0.05) is 36.4 Å². The zero-order valence-electron chi connectivity index (χ0n) is 17.2. The summed E-state index contributed by atoms with van der Waals surface area (Å²) in [5.74, 6) is -0.944. The summed E-state index contributed by atoms with van der Waals surface area (Å²) in [4.78, 5) is 28.1. The lowest BCUT2D eigenvalue weighted by Gasteiger charge is -2.42. The largest absolute Gasteiger partial charge is 0.478 e. The molecule has 154 valence electrons. The molecule has 1 aliphatic heterocycles. The van der Waals surface area contributed by atoms with Crippen molar-refractivity contribution < 1.29 is 19.4 Å². The van der Waals surface area contributed by atoms with Crippen molar-refractivity contribution in [3.05, 3.63) is 65.7 Å². The summed E-state index contributed by atoms with van der Waals surface area (Å²) >= 11 is 0. The molecule has 1 fully saturated rings. The number of nitrogens with zero attached hydrogens (tertiary/aromatic N) is 2.